The van der Waals surface area contributed by atoms with Crippen LogP contribution in [-0.4, -0.2) is 24.0 Å². The van der Waals surface area contributed by atoms with E-state index in [1.807, 2.05) is 0 Å². The highest BCUT2D eigenvalue weighted by Gasteiger charge is 2.33. The number of carbonyl (C=O) groups is 3. The fourth-order valence-corrected chi connectivity index (χ4v) is 3.13. The molecule has 1 amide bonds. The summed E-state index contributed by atoms with van der Waals surface area (Å²) in [5, 5.41) is 2.63. The molecule has 0 saturated carbocycles. The van der Waals surface area contributed by atoms with Gasteiger partial charge in [-0.1, -0.05) is 0 Å². The Balaban J connectivity index is 2.17. The van der Waals surface area contributed by atoms with Crippen molar-refractivity contribution in [1.82, 2.24) is 5.32 Å². The first-order valence-corrected chi connectivity index (χ1v) is 7.61. The van der Waals surface area contributed by atoms with Crippen molar-refractivity contribution in [1.29, 1.82) is 0 Å². The molecule has 0 saturated heterocycles. The first-order valence-electron chi connectivity index (χ1n) is 7.61. The van der Waals surface area contributed by atoms with Crippen LogP contribution in [0.1, 0.15) is 45.4 Å². The van der Waals surface area contributed by atoms with Gasteiger partial charge in [0, 0.05) is 18.1 Å². The second-order valence-electron chi connectivity index (χ2n) is 5.86. The van der Waals surface area contributed by atoms with E-state index in [1.165, 1.54) is 25.1 Å². The van der Waals surface area contributed by atoms with Gasteiger partial charge < -0.3 is 9.73 Å². The highest BCUT2D eigenvalue weighted by molar-refractivity contribution is 6.08. The third-order valence-corrected chi connectivity index (χ3v) is 4.28. The summed E-state index contributed by atoms with van der Waals surface area (Å²) in [7, 11) is 0. The Hall–Kier alpha value is -2.76. The maximum atomic E-state index is 14.3. The summed E-state index contributed by atoms with van der Waals surface area (Å²) in [5.74, 6) is -0.643. The lowest BCUT2D eigenvalue weighted by atomic mass is 9.81. The lowest BCUT2D eigenvalue weighted by Crippen LogP contribution is -2.43. The Morgan fingerprint density at radius 3 is 2.79 bits per heavy atom. The number of benzene rings is 1. The average molecular weight is 329 g/mol. The van der Waals surface area contributed by atoms with Crippen molar-refractivity contribution in [2.75, 3.05) is 0 Å². The Bertz CT molecular complexity index is 853. The minimum Gasteiger partial charge on any atom is -0.453 e. The van der Waals surface area contributed by atoms with Crippen molar-refractivity contribution >= 4 is 18.0 Å². The van der Waals surface area contributed by atoms with Crippen LogP contribution in [0, 0.1) is 12.7 Å². The largest absolute Gasteiger partial charge is 0.453 e. The highest BCUT2D eigenvalue weighted by Crippen LogP contribution is 2.35. The number of hydrogen-bond donors (Lipinski definition) is 1. The third kappa shape index (κ3) is 2.64. The number of aldehydes is 1. The molecule has 1 aliphatic rings. The van der Waals surface area contributed by atoms with Gasteiger partial charge in [-0.25, -0.2) is 4.39 Å². The Morgan fingerprint density at radius 1 is 1.42 bits per heavy atom. The maximum Gasteiger partial charge on any atom is 0.217 e. The van der Waals surface area contributed by atoms with E-state index in [1.54, 1.807) is 6.92 Å². The maximum absolute atomic E-state index is 14.3. The van der Waals surface area contributed by atoms with Crippen molar-refractivity contribution in [2.45, 2.75) is 32.7 Å². The van der Waals surface area contributed by atoms with Crippen molar-refractivity contribution < 1.29 is 23.2 Å². The molecule has 0 aliphatic heterocycles. The topological polar surface area (TPSA) is 76.4 Å². The van der Waals surface area contributed by atoms with E-state index >= 15 is 0 Å². The van der Waals surface area contributed by atoms with Gasteiger partial charge in [-0.2, -0.15) is 0 Å². The first kappa shape index (κ1) is 16.1. The minimum atomic E-state index is -0.640. The molecule has 1 unspecified atom stereocenters. The molecule has 24 heavy (non-hydrogen) atoms. The summed E-state index contributed by atoms with van der Waals surface area (Å²) in [4.78, 5) is 35.0. The molecule has 0 radical (unpaired) electrons. The SMILES string of the molecule is CC(=O)NC1CCc2c(C)c(F)cc(-c3ccc(C=O)o3)c2C1=O. The number of rotatable bonds is 3. The number of carbonyl (C=O) groups excluding carboxylic acids is 3. The highest BCUT2D eigenvalue weighted by atomic mass is 19.1. The first-order chi connectivity index (χ1) is 11.4. The molecule has 0 fully saturated rings. The van der Waals surface area contributed by atoms with Gasteiger partial charge in [0.25, 0.3) is 0 Å². The molecular formula is C18H16FNO4. The molecule has 1 aromatic carbocycles. The minimum absolute atomic E-state index is 0.0985. The van der Waals surface area contributed by atoms with Crippen LogP contribution >= 0.6 is 0 Å². The molecule has 1 aliphatic carbocycles. The summed E-state index contributed by atoms with van der Waals surface area (Å²) in [5.41, 5.74) is 1.71. The molecule has 0 bridgehead atoms. The van der Waals surface area contributed by atoms with Gasteiger partial charge in [-0.05, 0) is 49.1 Å². The van der Waals surface area contributed by atoms with E-state index in [9.17, 15) is 18.8 Å². The molecule has 1 heterocycles. The zero-order valence-corrected chi connectivity index (χ0v) is 13.3. The number of fused-ring (bicyclic) bond motifs is 1. The Kier molecular flexibility index (Phi) is 4.05. The zero-order chi connectivity index (χ0) is 17.4. The smallest absolute Gasteiger partial charge is 0.217 e. The van der Waals surface area contributed by atoms with E-state index in [-0.39, 0.29) is 23.2 Å². The van der Waals surface area contributed by atoms with E-state index in [0.29, 0.717) is 41.4 Å². The monoisotopic (exact) mass is 329 g/mol. The van der Waals surface area contributed by atoms with Gasteiger partial charge in [0.15, 0.2) is 17.8 Å². The van der Waals surface area contributed by atoms with E-state index in [0.717, 1.165) is 0 Å². The predicted octanol–water partition coefficient (Wildman–Crippen LogP) is 2.84. The van der Waals surface area contributed by atoms with Crippen LogP contribution in [0.25, 0.3) is 11.3 Å². The van der Waals surface area contributed by atoms with Gasteiger partial charge in [0.2, 0.25) is 5.91 Å². The van der Waals surface area contributed by atoms with Gasteiger partial charge in [-0.15, -0.1) is 0 Å². The summed E-state index contributed by atoms with van der Waals surface area (Å²) in [6, 6.07) is 3.60. The fourth-order valence-electron chi connectivity index (χ4n) is 3.13. The second-order valence-corrected chi connectivity index (χ2v) is 5.86. The van der Waals surface area contributed by atoms with Gasteiger partial charge in [0.1, 0.15) is 11.6 Å². The van der Waals surface area contributed by atoms with Crippen LogP contribution in [-0.2, 0) is 11.2 Å². The van der Waals surface area contributed by atoms with Crippen molar-refractivity contribution in [3.05, 3.63) is 46.5 Å². The third-order valence-electron chi connectivity index (χ3n) is 4.28. The standard InChI is InChI=1S/C18H16FNO4/c1-9-12-4-5-15(20-10(2)22)18(23)17(12)13(7-14(9)19)16-6-3-11(8-21)24-16/h3,6-8,15H,4-5H2,1-2H3,(H,20,22). The van der Waals surface area contributed by atoms with Gasteiger partial charge in [0.05, 0.1) is 6.04 Å². The van der Waals surface area contributed by atoms with Crippen LogP contribution < -0.4 is 5.32 Å². The number of Topliss-reactive ketones (excluding diaryl/α,β-unsaturated/α-hetero) is 1. The van der Waals surface area contributed by atoms with Crippen LogP contribution in [0.5, 0.6) is 0 Å². The Labute approximate surface area is 137 Å². The molecule has 0 spiro atoms. The van der Waals surface area contributed by atoms with E-state index in [2.05, 4.69) is 5.32 Å². The summed E-state index contributed by atoms with van der Waals surface area (Å²) in [6.07, 6.45) is 1.44. The number of halogens is 1. The van der Waals surface area contributed by atoms with Crippen LogP contribution in [0.3, 0.4) is 0 Å². The van der Waals surface area contributed by atoms with E-state index in [4.69, 9.17) is 4.42 Å². The van der Waals surface area contributed by atoms with Crippen molar-refractivity contribution in [2.24, 2.45) is 0 Å². The van der Waals surface area contributed by atoms with Crippen LogP contribution in [0.15, 0.2) is 22.6 Å². The van der Waals surface area contributed by atoms with Crippen LogP contribution in [0.4, 0.5) is 4.39 Å². The molecule has 1 N–H and O–H groups in total. The van der Waals surface area contributed by atoms with Gasteiger partial charge >= 0.3 is 0 Å². The molecule has 1 aromatic heterocycles. The summed E-state index contributed by atoms with van der Waals surface area (Å²) < 4.78 is 19.7. The molecule has 2 aromatic rings. The zero-order valence-electron chi connectivity index (χ0n) is 13.3. The predicted molar refractivity (Wildman–Crippen MR) is 84.5 cm³/mol. The molecule has 124 valence electrons. The lowest BCUT2D eigenvalue weighted by molar-refractivity contribution is -0.119. The average Bonchev–Trinajstić information content (AvgIpc) is 3.01. The quantitative estimate of drug-likeness (QED) is 0.879. The molecule has 1 atom stereocenters. The van der Waals surface area contributed by atoms with Crippen molar-refractivity contribution in [3.63, 3.8) is 0 Å². The molecule has 3 rings (SSSR count). The normalized spacial score (nSPS) is 16.6. The number of hydrogen-bond acceptors (Lipinski definition) is 4. The summed E-state index contributed by atoms with van der Waals surface area (Å²) in [6.45, 7) is 2.98. The molecule has 6 heteroatoms. The van der Waals surface area contributed by atoms with Crippen LogP contribution in [0.2, 0.25) is 0 Å². The number of amides is 1. The van der Waals surface area contributed by atoms with Gasteiger partial charge in [-0.3, -0.25) is 14.4 Å². The molecular weight excluding hydrogens is 313 g/mol. The number of furan rings is 1. The van der Waals surface area contributed by atoms with Crippen molar-refractivity contribution in [3.8, 4) is 11.3 Å². The van der Waals surface area contributed by atoms with E-state index < -0.39 is 11.9 Å². The molecule has 5 nitrogen and oxygen atoms in total. The Morgan fingerprint density at radius 2 is 2.17 bits per heavy atom. The fraction of sp³-hybridized carbons (Fsp3) is 0.278. The number of ketones is 1. The lowest BCUT2D eigenvalue weighted by Gasteiger charge is -2.27. The second kappa shape index (κ2) is 6.03. The summed E-state index contributed by atoms with van der Waals surface area (Å²) >= 11 is 0. The number of nitrogens with one attached hydrogen (secondary N) is 1.